The molecule has 2 heterocycles. The molecule has 3 heteroatoms. The van der Waals surface area contributed by atoms with E-state index in [2.05, 4.69) is 44.5 Å². The highest BCUT2D eigenvalue weighted by Crippen LogP contribution is 2.41. The van der Waals surface area contributed by atoms with Crippen molar-refractivity contribution >= 4 is 0 Å². The highest BCUT2D eigenvalue weighted by atomic mass is 16.5. The third-order valence-electron chi connectivity index (χ3n) is 4.86. The molecule has 0 spiro atoms. The van der Waals surface area contributed by atoms with E-state index in [0.29, 0.717) is 23.7 Å². The van der Waals surface area contributed by atoms with E-state index in [1.165, 1.54) is 32.4 Å². The van der Waals surface area contributed by atoms with Crippen LogP contribution in [0.1, 0.15) is 47.0 Å². The summed E-state index contributed by atoms with van der Waals surface area (Å²) in [6.07, 6.45) is 4.31. The normalized spacial score (nSPS) is 33.0. The third kappa shape index (κ3) is 2.73. The van der Waals surface area contributed by atoms with Crippen LogP contribution in [0.15, 0.2) is 0 Å². The first kappa shape index (κ1) is 14.3. The van der Waals surface area contributed by atoms with Gasteiger partial charge in [-0.05, 0) is 60.5 Å². The molecule has 2 rings (SSSR count). The van der Waals surface area contributed by atoms with Crippen molar-refractivity contribution in [2.45, 2.75) is 70.7 Å². The van der Waals surface area contributed by atoms with Gasteiger partial charge < -0.3 is 4.74 Å². The van der Waals surface area contributed by atoms with Gasteiger partial charge in [-0.25, -0.2) is 0 Å². The lowest BCUT2D eigenvalue weighted by Crippen LogP contribution is -2.43. The molecule has 0 radical (unpaired) electrons. The van der Waals surface area contributed by atoms with E-state index in [1.807, 2.05) is 0 Å². The van der Waals surface area contributed by atoms with Gasteiger partial charge >= 0.3 is 0 Å². The molecule has 106 valence electrons. The summed E-state index contributed by atoms with van der Waals surface area (Å²) in [5, 5.41) is 0. The molecule has 0 N–H and O–H groups in total. The van der Waals surface area contributed by atoms with Crippen LogP contribution >= 0.6 is 0 Å². The van der Waals surface area contributed by atoms with Crippen molar-refractivity contribution in [3.05, 3.63) is 0 Å². The van der Waals surface area contributed by atoms with Crippen LogP contribution in [0.3, 0.4) is 0 Å². The molecule has 2 aliphatic rings. The van der Waals surface area contributed by atoms with Gasteiger partial charge in [0, 0.05) is 24.2 Å². The molecule has 2 fully saturated rings. The minimum Gasteiger partial charge on any atom is -0.377 e. The second kappa shape index (κ2) is 5.48. The number of fused-ring (bicyclic) bond motifs is 1. The summed E-state index contributed by atoms with van der Waals surface area (Å²) in [5.41, 5.74) is 0.345. The molecule has 2 saturated heterocycles. The van der Waals surface area contributed by atoms with Crippen LogP contribution in [-0.4, -0.2) is 60.3 Å². The number of hydrogen-bond acceptors (Lipinski definition) is 3. The molecular weight excluding hydrogens is 224 g/mol. The fraction of sp³-hybridized carbons (Fsp3) is 1.00. The van der Waals surface area contributed by atoms with Crippen LogP contribution in [0, 0.1) is 0 Å². The zero-order valence-corrected chi connectivity index (χ0v) is 12.8. The predicted octanol–water partition coefficient (Wildman–Crippen LogP) is 2.36. The number of nitrogens with zero attached hydrogens (tertiary/aromatic N) is 2. The molecule has 2 unspecified atom stereocenters. The molecule has 0 aliphatic carbocycles. The monoisotopic (exact) mass is 254 g/mol. The topological polar surface area (TPSA) is 15.7 Å². The van der Waals surface area contributed by atoms with Crippen LogP contribution in [0.4, 0.5) is 0 Å². The Morgan fingerprint density at radius 3 is 2.67 bits per heavy atom. The molecule has 2 aliphatic heterocycles. The number of hydrogen-bond donors (Lipinski definition) is 0. The zero-order chi connectivity index (χ0) is 13.3. The minimum atomic E-state index is 0.345. The second-order valence-electron chi connectivity index (χ2n) is 6.75. The lowest BCUT2D eigenvalue weighted by Gasteiger charge is -2.32. The summed E-state index contributed by atoms with van der Waals surface area (Å²) in [4.78, 5) is 5.23. The van der Waals surface area contributed by atoms with E-state index in [1.54, 1.807) is 0 Å². The maximum atomic E-state index is 5.96. The van der Waals surface area contributed by atoms with E-state index < -0.39 is 0 Å². The average molecular weight is 254 g/mol. The van der Waals surface area contributed by atoms with Gasteiger partial charge in [0.2, 0.25) is 0 Å². The van der Waals surface area contributed by atoms with Gasteiger partial charge in [0.25, 0.3) is 0 Å². The molecule has 0 saturated carbocycles. The van der Waals surface area contributed by atoms with Crippen molar-refractivity contribution in [3.8, 4) is 0 Å². The lowest BCUT2D eigenvalue weighted by molar-refractivity contribution is 0.00262. The Kier molecular flexibility index (Phi) is 4.35. The summed E-state index contributed by atoms with van der Waals surface area (Å²) in [6, 6.07) is 1.35. The summed E-state index contributed by atoms with van der Waals surface area (Å²) in [6.45, 7) is 12.3. The highest BCUT2D eigenvalue weighted by Gasteiger charge is 2.49. The van der Waals surface area contributed by atoms with Gasteiger partial charge in [0.1, 0.15) is 0 Å². The molecule has 18 heavy (non-hydrogen) atoms. The lowest BCUT2D eigenvalue weighted by atomic mass is 9.93. The fourth-order valence-electron chi connectivity index (χ4n) is 3.51. The highest BCUT2D eigenvalue weighted by molar-refractivity contribution is 5.06. The molecule has 2 atom stereocenters. The molecule has 0 aromatic rings. The van der Waals surface area contributed by atoms with Crippen LogP contribution in [0.2, 0.25) is 0 Å². The van der Waals surface area contributed by atoms with Crippen LogP contribution in [0.25, 0.3) is 0 Å². The maximum absolute atomic E-state index is 5.96. The average Bonchev–Trinajstić information content (AvgIpc) is 2.81. The fourth-order valence-corrected chi connectivity index (χ4v) is 3.51. The molecule has 0 aromatic carbocycles. The second-order valence-corrected chi connectivity index (χ2v) is 6.75. The van der Waals surface area contributed by atoms with E-state index >= 15 is 0 Å². The maximum Gasteiger partial charge on any atom is 0.0654 e. The van der Waals surface area contributed by atoms with Crippen molar-refractivity contribution < 1.29 is 4.74 Å². The Hall–Kier alpha value is -0.120. The number of ether oxygens (including phenoxy) is 1. The molecule has 0 aromatic heterocycles. The Morgan fingerprint density at radius 2 is 2.06 bits per heavy atom. The zero-order valence-electron chi connectivity index (χ0n) is 12.8. The van der Waals surface area contributed by atoms with Crippen molar-refractivity contribution in [1.29, 1.82) is 0 Å². The SMILES string of the molecule is CC(C)OCC12CCCN1CC(N(C)C(C)C)C2. The standard InChI is InChI=1S/C15H30N2O/c1-12(2)16(5)14-9-15(11-18-13(3)4)7-6-8-17(15)10-14/h12-14H,6-11H2,1-5H3. The first-order valence-corrected chi connectivity index (χ1v) is 7.53. The molecule has 0 amide bonds. The van der Waals surface area contributed by atoms with E-state index in [9.17, 15) is 0 Å². The third-order valence-corrected chi connectivity index (χ3v) is 4.86. The van der Waals surface area contributed by atoms with Crippen LogP contribution in [-0.2, 0) is 4.74 Å². The quantitative estimate of drug-likeness (QED) is 0.749. The number of likely N-dealkylation sites (N-methyl/N-ethyl adjacent to an activating group) is 1. The van der Waals surface area contributed by atoms with Gasteiger partial charge in [0.15, 0.2) is 0 Å². The van der Waals surface area contributed by atoms with Gasteiger partial charge in [-0.3, -0.25) is 9.80 Å². The molecule has 3 nitrogen and oxygen atoms in total. The van der Waals surface area contributed by atoms with Crippen molar-refractivity contribution in [1.82, 2.24) is 9.80 Å². The van der Waals surface area contributed by atoms with Gasteiger partial charge in [0.05, 0.1) is 12.7 Å². The Labute approximate surface area is 112 Å². The van der Waals surface area contributed by atoms with Gasteiger partial charge in [-0.2, -0.15) is 0 Å². The van der Waals surface area contributed by atoms with Crippen LogP contribution in [0.5, 0.6) is 0 Å². The van der Waals surface area contributed by atoms with Crippen LogP contribution < -0.4 is 0 Å². The Balaban J connectivity index is 2.00. The van der Waals surface area contributed by atoms with Crippen molar-refractivity contribution in [2.75, 3.05) is 26.7 Å². The smallest absolute Gasteiger partial charge is 0.0654 e. The molecular formula is C15H30N2O. The van der Waals surface area contributed by atoms with E-state index in [-0.39, 0.29) is 0 Å². The van der Waals surface area contributed by atoms with E-state index in [4.69, 9.17) is 4.74 Å². The Bertz CT molecular complexity index is 280. The summed E-state index contributed by atoms with van der Waals surface area (Å²) in [7, 11) is 2.27. The van der Waals surface area contributed by atoms with Crippen molar-refractivity contribution in [2.24, 2.45) is 0 Å². The first-order valence-electron chi connectivity index (χ1n) is 7.53. The van der Waals surface area contributed by atoms with Gasteiger partial charge in [-0.15, -0.1) is 0 Å². The molecule has 0 bridgehead atoms. The summed E-state index contributed by atoms with van der Waals surface area (Å²) in [5.74, 6) is 0. The van der Waals surface area contributed by atoms with Gasteiger partial charge in [-0.1, -0.05) is 0 Å². The first-order chi connectivity index (χ1) is 8.44. The summed E-state index contributed by atoms with van der Waals surface area (Å²) < 4.78 is 5.96. The Morgan fingerprint density at radius 1 is 1.33 bits per heavy atom. The van der Waals surface area contributed by atoms with Crippen molar-refractivity contribution in [3.63, 3.8) is 0 Å². The summed E-state index contributed by atoms with van der Waals surface area (Å²) >= 11 is 0. The minimum absolute atomic E-state index is 0.345. The largest absolute Gasteiger partial charge is 0.377 e. The predicted molar refractivity (Wildman–Crippen MR) is 75.9 cm³/mol. The number of rotatable bonds is 5. The van der Waals surface area contributed by atoms with E-state index in [0.717, 1.165) is 6.61 Å².